The number of pyridine rings is 3. The summed E-state index contributed by atoms with van der Waals surface area (Å²) in [6, 6.07) is 10.8. The molecule has 0 saturated heterocycles. The molecule has 4 aromatic rings. The number of aromatic nitrogens is 4. The number of carbonyl (C=O) groups excluding carboxylic acids is 1. The average molecular weight is 368 g/mol. The molecule has 0 aliphatic rings. The minimum atomic E-state index is -0.199. The van der Waals surface area contributed by atoms with Crippen molar-refractivity contribution in [1.29, 1.82) is 0 Å². The zero-order valence-corrected chi connectivity index (χ0v) is 15.4. The number of fused-ring (bicyclic) bond motifs is 1. The molecule has 0 fully saturated rings. The van der Waals surface area contributed by atoms with Gasteiger partial charge in [-0.05, 0) is 36.8 Å². The highest BCUT2D eigenvalue weighted by Gasteiger charge is 2.17. The number of rotatable bonds is 3. The van der Waals surface area contributed by atoms with Crippen molar-refractivity contribution in [3.63, 3.8) is 0 Å². The monoisotopic (exact) mass is 368 g/mol. The van der Waals surface area contributed by atoms with Crippen LogP contribution in [0.15, 0.2) is 61.2 Å². The van der Waals surface area contributed by atoms with Crippen LogP contribution in [0.25, 0.3) is 21.6 Å². The van der Waals surface area contributed by atoms with Gasteiger partial charge in [-0.2, -0.15) is 5.10 Å². The van der Waals surface area contributed by atoms with Crippen LogP contribution >= 0.6 is 0 Å². The van der Waals surface area contributed by atoms with E-state index in [1.54, 1.807) is 54.4 Å². The first-order valence-electron chi connectivity index (χ1n) is 8.59. The van der Waals surface area contributed by atoms with Gasteiger partial charge < -0.3 is 0 Å². The first-order valence-corrected chi connectivity index (χ1v) is 8.59. The molecule has 0 aliphatic carbocycles. The topological polar surface area (TPSA) is 67.8 Å². The number of carbonyl (C=O) groups is 1. The molecule has 0 aliphatic heterocycles. The number of anilines is 1. The third-order valence-electron chi connectivity index (χ3n) is 4.47. The molecule has 136 valence electrons. The molecule has 0 bridgehead atoms. The lowest BCUT2D eigenvalue weighted by Crippen LogP contribution is -2.27. The fourth-order valence-corrected chi connectivity index (χ4v) is 2.88. The van der Waals surface area contributed by atoms with Crippen molar-refractivity contribution in [2.75, 3.05) is 11.9 Å². The normalized spacial score (nSPS) is 10.6. The average Bonchev–Trinajstić information content (AvgIpc) is 3.16. The lowest BCUT2D eigenvalue weighted by atomic mass is 10.1. The highest BCUT2D eigenvalue weighted by atomic mass is 16.2. The Balaban J connectivity index is 1.70. The number of aryl methyl sites for hydroxylation is 1. The van der Waals surface area contributed by atoms with Gasteiger partial charge in [-0.25, -0.2) is 9.36 Å². The van der Waals surface area contributed by atoms with E-state index >= 15 is 0 Å². The quantitative estimate of drug-likeness (QED) is 0.514. The molecule has 0 unspecified atom stereocenters. The van der Waals surface area contributed by atoms with Crippen LogP contribution in [0.2, 0.25) is 0 Å². The summed E-state index contributed by atoms with van der Waals surface area (Å²) >= 11 is 0. The van der Waals surface area contributed by atoms with Gasteiger partial charge in [0.15, 0.2) is 0 Å². The second-order valence-electron chi connectivity index (χ2n) is 6.37. The Labute approximate surface area is 161 Å². The van der Waals surface area contributed by atoms with Crippen LogP contribution in [0, 0.1) is 13.5 Å². The van der Waals surface area contributed by atoms with Crippen LogP contribution in [-0.4, -0.2) is 32.5 Å². The molecule has 0 radical (unpaired) electrons. The summed E-state index contributed by atoms with van der Waals surface area (Å²) < 4.78 is 1.72. The highest BCUT2D eigenvalue weighted by molar-refractivity contribution is 6.06. The minimum Gasteiger partial charge on any atom is -0.296 e. The molecule has 4 heterocycles. The summed E-state index contributed by atoms with van der Waals surface area (Å²) in [5.41, 5.74) is 4.48. The molecule has 0 aromatic carbocycles. The molecule has 0 atom stereocenters. The summed E-state index contributed by atoms with van der Waals surface area (Å²) in [4.78, 5) is 26.4. The molecule has 4 rings (SSSR count). The maximum absolute atomic E-state index is 12.9. The molecule has 0 spiro atoms. The van der Waals surface area contributed by atoms with E-state index in [0.717, 1.165) is 22.3 Å². The van der Waals surface area contributed by atoms with Crippen molar-refractivity contribution in [2.45, 2.75) is 6.92 Å². The van der Waals surface area contributed by atoms with Gasteiger partial charge in [0.2, 0.25) is 5.69 Å². The molecule has 28 heavy (non-hydrogen) atoms. The molecule has 4 aromatic heterocycles. The third kappa shape index (κ3) is 3.08. The van der Waals surface area contributed by atoms with Gasteiger partial charge in [0.1, 0.15) is 5.82 Å². The van der Waals surface area contributed by atoms with Crippen LogP contribution in [-0.2, 0) is 0 Å². The highest BCUT2D eigenvalue weighted by Crippen LogP contribution is 2.24. The molecule has 1 amide bonds. The van der Waals surface area contributed by atoms with Crippen molar-refractivity contribution < 1.29 is 4.79 Å². The Bertz CT molecular complexity index is 1200. The van der Waals surface area contributed by atoms with Crippen molar-refractivity contribution in [1.82, 2.24) is 19.6 Å². The Kier molecular flexibility index (Phi) is 4.30. The van der Waals surface area contributed by atoms with Crippen molar-refractivity contribution >= 4 is 22.9 Å². The summed E-state index contributed by atoms with van der Waals surface area (Å²) in [6.07, 6.45) is 6.76. The Morgan fingerprint density at radius 2 is 1.96 bits per heavy atom. The summed E-state index contributed by atoms with van der Waals surface area (Å²) in [6.45, 7) is 8.98. The Morgan fingerprint density at radius 1 is 1.11 bits per heavy atom. The van der Waals surface area contributed by atoms with Gasteiger partial charge >= 0.3 is 0 Å². The summed E-state index contributed by atoms with van der Waals surface area (Å²) in [7, 11) is 1.66. The van der Waals surface area contributed by atoms with E-state index < -0.39 is 0 Å². The fraction of sp³-hybridized carbons (Fsp3) is 0.0952. The predicted octanol–water partition coefficient (Wildman–Crippen LogP) is 3.93. The molecule has 0 saturated carbocycles. The van der Waals surface area contributed by atoms with Crippen LogP contribution in [0.1, 0.15) is 15.9 Å². The minimum absolute atomic E-state index is 0.199. The van der Waals surface area contributed by atoms with Gasteiger partial charge in [-0.15, -0.1) is 0 Å². The molecular weight excluding hydrogens is 352 g/mol. The van der Waals surface area contributed by atoms with E-state index in [4.69, 9.17) is 6.57 Å². The van der Waals surface area contributed by atoms with E-state index in [1.165, 1.54) is 11.1 Å². The number of nitrogens with zero attached hydrogens (tertiary/aromatic N) is 6. The van der Waals surface area contributed by atoms with Crippen LogP contribution in [0.4, 0.5) is 11.5 Å². The SMILES string of the molecule is [C-]#[N+]c1ccc(N(C)C(=O)c2ccn3ncc(-c4ccc(C)cn4)c3c2)nc1. The maximum Gasteiger partial charge on any atom is 0.259 e. The smallest absolute Gasteiger partial charge is 0.259 e. The lowest BCUT2D eigenvalue weighted by Gasteiger charge is -2.16. The van der Waals surface area contributed by atoms with Gasteiger partial charge in [-0.3, -0.25) is 19.7 Å². The first-order chi connectivity index (χ1) is 13.6. The third-order valence-corrected chi connectivity index (χ3v) is 4.47. The zero-order chi connectivity index (χ0) is 19.7. The summed E-state index contributed by atoms with van der Waals surface area (Å²) in [5, 5.41) is 4.35. The fourth-order valence-electron chi connectivity index (χ4n) is 2.88. The number of hydrogen-bond acceptors (Lipinski definition) is 4. The maximum atomic E-state index is 12.9. The second kappa shape index (κ2) is 6.93. The van der Waals surface area contributed by atoms with Crippen LogP contribution in [0.5, 0.6) is 0 Å². The van der Waals surface area contributed by atoms with Crippen molar-refractivity contribution in [3.8, 4) is 11.3 Å². The largest absolute Gasteiger partial charge is 0.296 e. The van der Waals surface area contributed by atoms with Gasteiger partial charge in [-0.1, -0.05) is 12.1 Å². The van der Waals surface area contributed by atoms with E-state index in [0.29, 0.717) is 17.1 Å². The zero-order valence-electron chi connectivity index (χ0n) is 15.4. The van der Waals surface area contributed by atoms with Crippen molar-refractivity contribution in [3.05, 3.63) is 83.7 Å². The predicted molar refractivity (Wildman–Crippen MR) is 106 cm³/mol. The number of amides is 1. The first kappa shape index (κ1) is 17.4. The second-order valence-corrected chi connectivity index (χ2v) is 6.37. The van der Waals surface area contributed by atoms with E-state index in [1.807, 2.05) is 19.1 Å². The number of hydrogen-bond donors (Lipinski definition) is 0. The van der Waals surface area contributed by atoms with Crippen LogP contribution < -0.4 is 4.90 Å². The van der Waals surface area contributed by atoms with Crippen LogP contribution in [0.3, 0.4) is 0 Å². The Hall–Kier alpha value is -4.05. The van der Waals surface area contributed by atoms with Gasteiger partial charge in [0.05, 0.1) is 24.0 Å². The Morgan fingerprint density at radius 3 is 2.64 bits per heavy atom. The van der Waals surface area contributed by atoms with Crippen molar-refractivity contribution in [2.24, 2.45) is 0 Å². The van der Waals surface area contributed by atoms with E-state index in [9.17, 15) is 4.79 Å². The molecular formula is C21H16N6O. The lowest BCUT2D eigenvalue weighted by molar-refractivity contribution is 0.0992. The van der Waals surface area contributed by atoms with E-state index in [-0.39, 0.29) is 5.91 Å². The molecule has 0 N–H and O–H groups in total. The van der Waals surface area contributed by atoms with Gasteiger partial charge in [0.25, 0.3) is 5.91 Å². The van der Waals surface area contributed by atoms with E-state index in [2.05, 4.69) is 19.9 Å². The molecule has 7 nitrogen and oxygen atoms in total. The van der Waals surface area contributed by atoms with Gasteiger partial charge in [0, 0.05) is 36.8 Å². The molecule has 7 heteroatoms. The standard InChI is InChI=1S/C21H16N6O/c1-14-4-6-18(23-11-14)17-13-25-27-9-8-15(10-19(17)27)21(28)26(3)20-7-5-16(22-2)12-24-20/h4-13H,1,3H3. The summed E-state index contributed by atoms with van der Waals surface area (Å²) in [5.74, 6) is 0.279.